The van der Waals surface area contributed by atoms with Crippen molar-refractivity contribution in [2.45, 2.75) is 31.0 Å². The van der Waals surface area contributed by atoms with E-state index < -0.39 is 6.10 Å². The molecule has 2 aliphatic heterocycles. The molecule has 1 spiro atoms. The third-order valence-corrected chi connectivity index (χ3v) is 4.96. The summed E-state index contributed by atoms with van der Waals surface area (Å²) in [5, 5.41) is 19.3. The van der Waals surface area contributed by atoms with Crippen molar-refractivity contribution in [3.05, 3.63) is 35.4 Å². The second-order valence-electron chi connectivity index (χ2n) is 6.44. The summed E-state index contributed by atoms with van der Waals surface area (Å²) in [5.74, 6) is 0. The molecule has 23 heavy (non-hydrogen) atoms. The maximum Gasteiger partial charge on any atom is 0.0991 e. The molecule has 1 N–H and O–H groups in total. The van der Waals surface area contributed by atoms with Gasteiger partial charge >= 0.3 is 0 Å². The zero-order valence-electron chi connectivity index (χ0n) is 13.4. The van der Waals surface area contributed by atoms with Gasteiger partial charge in [-0.25, -0.2) is 0 Å². The predicted octanol–water partition coefficient (Wildman–Crippen LogP) is 1.86. The van der Waals surface area contributed by atoms with E-state index in [0.717, 1.165) is 51.1 Å². The van der Waals surface area contributed by atoms with Crippen molar-refractivity contribution in [3.63, 3.8) is 0 Å². The Morgan fingerprint density at radius 3 is 2.57 bits per heavy atom. The molecule has 124 valence electrons. The van der Waals surface area contributed by atoms with Gasteiger partial charge in [-0.2, -0.15) is 5.26 Å². The fraction of sp³-hybridized carbons (Fsp3) is 0.611. The Bertz CT molecular complexity index is 546. The van der Waals surface area contributed by atoms with Crippen LogP contribution in [0.3, 0.4) is 0 Å². The van der Waals surface area contributed by atoms with Gasteiger partial charge in [-0.15, -0.1) is 0 Å². The average Bonchev–Trinajstić information content (AvgIpc) is 2.78. The summed E-state index contributed by atoms with van der Waals surface area (Å²) in [6, 6.07) is 9.26. The lowest BCUT2D eigenvalue weighted by atomic mass is 9.90. The van der Waals surface area contributed by atoms with Crippen molar-refractivity contribution in [3.8, 4) is 6.07 Å². The molecule has 0 saturated carbocycles. The molecular weight excluding hydrogens is 292 g/mol. The number of aliphatic hydroxyl groups excluding tert-OH is 1. The van der Waals surface area contributed by atoms with Crippen LogP contribution in [0.15, 0.2) is 24.3 Å². The van der Waals surface area contributed by atoms with Gasteiger partial charge < -0.3 is 14.6 Å². The second kappa shape index (κ2) is 7.41. The molecule has 0 aliphatic carbocycles. The standard InChI is InChI=1S/C18H24N2O3/c19-13-15-1-3-16(4-2-15)17(21)14-20-8-5-18(23-12-9-20)6-10-22-11-7-18/h1-4,17,21H,5-12,14H2. The van der Waals surface area contributed by atoms with Gasteiger partial charge in [0.05, 0.1) is 29.9 Å². The van der Waals surface area contributed by atoms with Crippen LogP contribution in [0.1, 0.15) is 36.5 Å². The van der Waals surface area contributed by atoms with Gasteiger partial charge in [0.25, 0.3) is 0 Å². The van der Waals surface area contributed by atoms with Gasteiger partial charge in [-0.1, -0.05) is 12.1 Å². The summed E-state index contributed by atoms with van der Waals surface area (Å²) in [7, 11) is 0. The summed E-state index contributed by atoms with van der Waals surface area (Å²) in [5.41, 5.74) is 1.45. The number of benzene rings is 1. The highest BCUT2D eigenvalue weighted by Gasteiger charge is 2.35. The number of ether oxygens (including phenoxy) is 2. The molecule has 2 heterocycles. The molecule has 1 aromatic carbocycles. The van der Waals surface area contributed by atoms with E-state index >= 15 is 0 Å². The minimum Gasteiger partial charge on any atom is -0.387 e. The van der Waals surface area contributed by atoms with Gasteiger partial charge in [0.15, 0.2) is 0 Å². The first kappa shape index (κ1) is 16.4. The average molecular weight is 316 g/mol. The first-order valence-corrected chi connectivity index (χ1v) is 8.33. The quantitative estimate of drug-likeness (QED) is 0.922. The van der Waals surface area contributed by atoms with Crippen LogP contribution in [0, 0.1) is 11.3 Å². The lowest BCUT2D eigenvalue weighted by molar-refractivity contribution is -0.105. The van der Waals surface area contributed by atoms with E-state index in [9.17, 15) is 5.11 Å². The van der Waals surface area contributed by atoms with E-state index in [2.05, 4.69) is 11.0 Å². The summed E-state index contributed by atoms with van der Waals surface area (Å²) < 4.78 is 11.6. The van der Waals surface area contributed by atoms with E-state index in [-0.39, 0.29) is 5.60 Å². The van der Waals surface area contributed by atoms with Crippen LogP contribution in [0.25, 0.3) is 0 Å². The van der Waals surface area contributed by atoms with Crippen molar-refractivity contribution < 1.29 is 14.6 Å². The Morgan fingerprint density at radius 2 is 1.87 bits per heavy atom. The number of hydrogen-bond acceptors (Lipinski definition) is 5. The zero-order chi connectivity index (χ0) is 16.1. The maximum absolute atomic E-state index is 10.4. The Balaban J connectivity index is 1.56. The van der Waals surface area contributed by atoms with Gasteiger partial charge in [0.2, 0.25) is 0 Å². The molecule has 0 amide bonds. The Labute approximate surface area is 137 Å². The predicted molar refractivity (Wildman–Crippen MR) is 85.9 cm³/mol. The Morgan fingerprint density at radius 1 is 1.13 bits per heavy atom. The topological polar surface area (TPSA) is 65.7 Å². The number of aliphatic hydroxyl groups is 1. The molecule has 2 aliphatic rings. The summed E-state index contributed by atoms with van der Waals surface area (Å²) >= 11 is 0. The fourth-order valence-corrected chi connectivity index (χ4v) is 3.39. The highest BCUT2D eigenvalue weighted by atomic mass is 16.5. The molecule has 0 radical (unpaired) electrons. The van der Waals surface area contributed by atoms with Crippen LogP contribution < -0.4 is 0 Å². The van der Waals surface area contributed by atoms with Gasteiger partial charge in [-0.05, 0) is 37.0 Å². The molecule has 1 unspecified atom stereocenters. The van der Waals surface area contributed by atoms with Gasteiger partial charge in [0.1, 0.15) is 0 Å². The van der Waals surface area contributed by atoms with Crippen molar-refractivity contribution >= 4 is 0 Å². The van der Waals surface area contributed by atoms with E-state index in [0.29, 0.717) is 18.7 Å². The van der Waals surface area contributed by atoms with E-state index in [1.807, 2.05) is 12.1 Å². The van der Waals surface area contributed by atoms with Crippen LogP contribution in [0.2, 0.25) is 0 Å². The van der Waals surface area contributed by atoms with Crippen molar-refractivity contribution in [1.82, 2.24) is 4.90 Å². The molecule has 0 bridgehead atoms. The first-order chi connectivity index (χ1) is 11.2. The molecule has 1 aromatic rings. The fourth-order valence-electron chi connectivity index (χ4n) is 3.39. The summed E-state index contributed by atoms with van der Waals surface area (Å²) in [4.78, 5) is 2.27. The largest absolute Gasteiger partial charge is 0.387 e. The Hall–Kier alpha value is -1.45. The smallest absolute Gasteiger partial charge is 0.0991 e. The van der Waals surface area contributed by atoms with Gasteiger partial charge in [0, 0.05) is 32.8 Å². The van der Waals surface area contributed by atoms with E-state index in [1.54, 1.807) is 12.1 Å². The number of rotatable bonds is 3. The molecule has 2 fully saturated rings. The summed E-state index contributed by atoms with van der Waals surface area (Å²) in [6.45, 7) is 4.66. The summed E-state index contributed by atoms with van der Waals surface area (Å²) in [6.07, 6.45) is 2.40. The normalized spacial score (nSPS) is 23.1. The monoisotopic (exact) mass is 316 g/mol. The lowest BCUT2D eigenvalue weighted by Crippen LogP contribution is -2.39. The third kappa shape index (κ3) is 4.10. The third-order valence-electron chi connectivity index (χ3n) is 4.96. The molecular formula is C18H24N2O3. The minimum atomic E-state index is -0.536. The number of nitrogens with zero attached hydrogens (tertiary/aromatic N) is 2. The zero-order valence-corrected chi connectivity index (χ0v) is 13.4. The second-order valence-corrected chi connectivity index (χ2v) is 6.44. The van der Waals surface area contributed by atoms with Crippen LogP contribution in [0.5, 0.6) is 0 Å². The van der Waals surface area contributed by atoms with Gasteiger partial charge in [-0.3, -0.25) is 4.90 Å². The van der Waals surface area contributed by atoms with Crippen LogP contribution in [-0.4, -0.2) is 55.1 Å². The SMILES string of the molecule is N#Cc1ccc(C(O)CN2CCOC3(CCOCC3)CC2)cc1. The first-order valence-electron chi connectivity index (χ1n) is 8.33. The van der Waals surface area contributed by atoms with E-state index in [4.69, 9.17) is 14.7 Å². The minimum absolute atomic E-state index is 0.0214. The van der Waals surface area contributed by atoms with Crippen LogP contribution in [-0.2, 0) is 9.47 Å². The van der Waals surface area contributed by atoms with Crippen molar-refractivity contribution in [2.75, 3.05) is 39.5 Å². The molecule has 2 saturated heterocycles. The molecule has 1 atom stereocenters. The van der Waals surface area contributed by atoms with E-state index in [1.165, 1.54) is 0 Å². The molecule has 3 rings (SSSR count). The van der Waals surface area contributed by atoms with Crippen molar-refractivity contribution in [1.29, 1.82) is 5.26 Å². The van der Waals surface area contributed by atoms with Crippen molar-refractivity contribution in [2.24, 2.45) is 0 Å². The maximum atomic E-state index is 10.4. The number of nitriles is 1. The number of β-amino-alcohol motifs (C(OH)–C–C–N with tert-alkyl or cyclic N) is 1. The highest BCUT2D eigenvalue weighted by Crippen LogP contribution is 2.31. The Kier molecular flexibility index (Phi) is 5.29. The molecule has 5 nitrogen and oxygen atoms in total. The lowest BCUT2D eigenvalue weighted by Gasteiger charge is -2.36. The number of hydrogen-bond donors (Lipinski definition) is 1. The van der Waals surface area contributed by atoms with Crippen LogP contribution >= 0.6 is 0 Å². The molecule has 5 heteroatoms. The van der Waals surface area contributed by atoms with Crippen LogP contribution in [0.4, 0.5) is 0 Å². The molecule has 0 aromatic heterocycles. The highest BCUT2D eigenvalue weighted by molar-refractivity contribution is 5.32.